The summed E-state index contributed by atoms with van der Waals surface area (Å²) in [6.07, 6.45) is 1.31. The molecule has 2 aliphatic rings. The molecule has 0 saturated carbocycles. The van der Waals surface area contributed by atoms with Crippen molar-refractivity contribution < 1.29 is 14.3 Å². The maximum absolute atomic E-state index is 11.3. The number of primary amides is 1. The van der Waals surface area contributed by atoms with Gasteiger partial charge in [0.1, 0.15) is 5.71 Å². The molecular weight excluding hydrogens is 248 g/mol. The van der Waals surface area contributed by atoms with E-state index in [0.717, 1.165) is 0 Å². The Morgan fingerprint density at radius 1 is 1.65 bits per heavy atom. The first-order valence-corrected chi connectivity index (χ1v) is 5.44. The molecule has 2 aliphatic heterocycles. The van der Waals surface area contributed by atoms with Crippen molar-refractivity contribution in [3.8, 4) is 0 Å². The second-order valence-electron chi connectivity index (χ2n) is 3.55. The Bertz CT molecular complexity index is 420. The molecule has 92 valence electrons. The fourth-order valence-corrected chi connectivity index (χ4v) is 1.73. The van der Waals surface area contributed by atoms with E-state index in [1.807, 2.05) is 0 Å². The molecule has 7 nitrogen and oxygen atoms in total. The van der Waals surface area contributed by atoms with Crippen molar-refractivity contribution in [3.05, 3.63) is 12.0 Å². The summed E-state index contributed by atoms with van der Waals surface area (Å²) in [4.78, 5) is 26.0. The van der Waals surface area contributed by atoms with E-state index in [9.17, 15) is 9.59 Å². The Balaban J connectivity index is 2.08. The van der Waals surface area contributed by atoms with Crippen LogP contribution in [-0.2, 0) is 14.3 Å². The number of nitrogens with one attached hydrogen (secondary N) is 2. The van der Waals surface area contributed by atoms with Gasteiger partial charge in [-0.3, -0.25) is 9.59 Å². The molecule has 2 atom stereocenters. The second kappa shape index (κ2) is 4.62. The second-order valence-corrected chi connectivity index (χ2v) is 3.97. The highest BCUT2D eigenvalue weighted by Gasteiger charge is 2.28. The number of ether oxygens (including phenoxy) is 1. The number of rotatable bonds is 3. The van der Waals surface area contributed by atoms with Crippen LogP contribution in [0.1, 0.15) is 6.42 Å². The SMILES string of the molecule is NC(=O)C1=NC(Cl)NC(O[C@H]2CCNC2=O)=C1. The number of aliphatic imine (C=N–C) groups is 1. The van der Waals surface area contributed by atoms with Gasteiger partial charge in [0.2, 0.25) is 0 Å². The molecule has 0 radical (unpaired) electrons. The van der Waals surface area contributed by atoms with Gasteiger partial charge in [-0.15, -0.1) is 0 Å². The van der Waals surface area contributed by atoms with Gasteiger partial charge in [0.05, 0.1) is 0 Å². The normalized spacial score (nSPS) is 27.7. The molecule has 2 heterocycles. The van der Waals surface area contributed by atoms with Gasteiger partial charge >= 0.3 is 0 Å². The first-order chi connectivity index (χ1) is 8.06. The van der Waals surface area contributed by atoms with Crippen LogP contribution in [0.5, 0.6) is 0 Å². The van der Waals surface area contributed by atoms with Crippen LogP contribution >= 0.6 is 11.6 Å². The van der Waals surface area contributed by atoms with Crippen molar-refractivity contribution >= 4 is 29.1 Å². The zero-order chi connectivity index (χ0) is 12.4. The first kappa shape index (κ1) is 11.7. The van der Waals surface area contributed by atoms with E-state index in [2.05, 4.69) is 15.6 Å². The number of alkyl halides is 1. The molecule has 0 aromatic rings. The van der Waals surface area contributed by atoms with Crippen LogP contribution in [0.2, 0.25) is 0 Å². The summed E-state index contributed by atoms with van der Waals surface area (Å²) in [7, 11) is 0. The van der Waals surface area contributed by atoms with Crippen molar-refractivity contribution in [2.45, 2.75) is 18.1 Å². The molecular formula is C9H11ClN4O3. The molecule has 1 saturated heterocycles. The van der Waals surface area contributed by atoms with E-state index in [4.69, 9.17) is 22.1 Å². The van der Waals surface area contributed by atoms with E-state index in [1.54, 1.807) is 0 Å². The Morgan fingerprint density at radius 3 is 3.00 bits per heavy atom. The maximum Gasteiger partial charge on any atom is 0.267 e. The summed E-state index contributed by atoms with van der Waals surface area (Å²) in [6, 6.07) is 0. The largest absolute Gasteiger partial charge is 0.466 e. The van der Waals surface area contributed by atoms with Gasteiger partial charge in [0.25, 0.3) is 11.8 Å². The summed E-state index contributed by atoms with van der Waals surface area (Å²) in [6.45, 7) is 0.567. The lowest BCUT2D eigenvalue weighted by Gasteiger charge is -2.21. The monoisotopic (exact) mass is 258 g/mol. The Kier molecular flexibility index (Phi) is 3.19. The highest BCUT2D eigenvalue weighted by atomic mass is 35.5. The number of carbonyl (C=O) groups is 2. The van der Waals surface area contributed by atoms with E-state index in [0.29, 0.717) is 13.0 Å². The number of nitrogens with zero attached hydrogens (tertiary/aromatic N) is 1. The van der Waals surface area contributed by atoms with Crippen LogP contribution in [-0.4, -0.2) is 35.8 Å². The van der Waals surface area contributed by atoms with Crippen molar-refractivity contribution in [2.75, 3.05) is 6.54 Å². The topological polar surface area (TPSA) is 106 Å². The summed E-state index contributed by atoms with van der Waals surface area (Å²) < 4.78 is 5.38. The molecule has 1 fully saturated rings. The Hall–Kier alpha value is -1.76. The van der Waals surface area contributed by atoms with Crippen molar-refractivity contribution in [2.24, 2.45) is 10.7 Å². The number of amides is 2. The third-order valence-electron chi connectivity index (χ3n) is 2.30. The lowest BCUT2D eigenvalue weighted by molar-refractivity contribution is -0.127. The lowest BCUT2D eigenvalue weighted by Crippen LogP contribution is -2.36. The Morgan fingerprint density at radius 2 is 2.41 bits per heavy atom. The fourth-order valence-electron chi connectivity index (χ4n) is 1.51. The zero-order valence-corrected chi connectivity index (χ0v) is 9.53. The van der Waals surface area contributed by atoms with Gasteiger partial charge in [-0.2, -0.15) is 0 Å². The minimum atomic E-state index is -0.832. The van der Waals surface area contributed by atoms with Crippen molar-refractivity contribution in [3.63, 3.8) is 0 Å². The van der Waals surface area contributed by atoms with Crippen molar-refractivity contribution in [1.82, 2.24) is 10.6 Å². The van der Waals surface area contributed by atoms with E-state index < -0.39 is 17.6 Å². The minimum absolute atomic E-state index is 0.0113. The highest BCUT2D eigenvalue weighted by Crippen LogP contribution is 2.13. The predicted octanol–water partition coefficient (Wildman–Crippen LogP) is -1.22. The summed E-state index contributed by atoms with van der Waals surface area (Å²) >= 11 is 5.74. The average molecular weight is 259 g/mol. The van der Waals surface area contributed by atoms with E-state index in [-0.39, 0.29) is 17.5 Å². The molecule has 0 aromatic heterocycles. The van der Waals surface area contributed by atoms with Crippen LogP contribution in [0.25, 0.3) is 0 Å². The predicted molar refractivity (Wildman–Crippen MR) is 60.0 cm³/mol. The molecule has 0 bridgehead atoms. The first-order valence-electron chi connectivity index (χ1n) is 5.00. The maximum atomic E-state index is 11.3. The number of nitrogens with two attached hydrogens (primary N) is 1. The van der Waals surface area contributed by atoms with E-state index in [1.165, 1.54) is 6.08 Å². The fraction of sp³-hybridized carbons (Fsp3) is 0.444. The molecule has 0 aromatic carbocycles. The number of hydrogen-bond donors (Lipinski definition) is 3. The minimum Gasteiger partial charge on any atom is -0.466 e. The average Bonchev–Trinajstić information content (AvgIpc) is 2.63. The quantitative estimate of drug-likeness (QED) is 0.436. The zero-order valence-electron chi connectivity index (χ0n) is 8.77. The van der Waals surface area contributed by atoms with Crippen LogP contribution in [0.15, 0.2) is 17.0 Å². The molecule has 4 N–H and O–H groups in total. The summed E-state index contributed by atoms with van der Waals surface area (Å²) in [5, 5.41) is 5.31. The molecule has 8 heteroatoms. The van der Waals surface area contributed by atoms with Gasteiger partial charge < -0.3 is 21.1 Å². The lowest BCUT2D eigenvalue weighted by atomic mass is 10.3. The van der Waals surface area contributed by atoms with Crippen LogP contribution < -0.4 is 16.4 Å². The highest BCUT2D eigenvalue weighted by molar-refractivity contribution is 6.43. The number of hydrogen-bond acceptors (Lipinski definition) is 5. The number of halogens is 1. The summed E-state index contributed by atoms with van der Waals surface area (Å²) in [5.74, 6) is -0.674. The van der Waals surface area contributed by atoms with Crippen molar-refractivity contribution in [1.29, 1.82) is 0 Å². The number of carbonyl (C=O) groups excluding carboxylic acids is 2. The third kappa shape index (κ3) is 2.68. The van der Waals surface area contributed by atoms with Gasteiger partial charge in [-0.25, -0.2) is 4.99 Å². The smallest absolute Gasteiger partial charge is 0.267 e. The van der Waals surface area contributed by atoms with Crippen LogP contribution in [0.4, 0.5) is 0 Å². The molecule has 17 heavy (non-hydrogen) atoms. The summed E-state index contributed by atoms with van der Waals surface area (Å²) in [5.41, 5.74) is 4.27. The molecule has 0 aliphatic carbocycles. The standard InChI is InChI=1S/C9H11ClN4O3/c10-9-13-4(7(11)15)3-6(14-9)17-5-1-2-12-8(5)16/h3,5,9,14H,1-2H2,(H2,11,15)(H,12,16)/t5-,9?/m0/s1. The van der Waals surface area contributed by atoms with Crippen LogP contribution in [0, 0.1) is 0 Å². The third-order valence-corrected chi connectivity index (χ3v) is 2.51. The van der Waals surface area contributed by atoms with Gasteiger partial charge in [0.15, 0.2) is 17.6 Å². The van der Waals surface area contributed by atoms with E-state index >= 15 is 0 Å². The molecule has 0 spiro atoms. The Labute approximate surface area is 102 Å². The van der Waals surface area contributed by atoms with Gasteiger partial charge in [0, 0.05) is 19.0 Å². The molecule has 2 rings (SSSR count). The van der Waals surface area contributed by atoms with Gasteiger partial charge in [-0.05, 0) is 0 Å². The van der Waals surface area contributed by atoms with Gasteiger partial charge in [-0.1, -0.05) is 11.6 Å². The van der Waals surface area contributed by atoms with Crippen LogP contribution in [0.3, 0.4) is 0 Å². The molecule has 2 amide bonds. The molecule has 1 unspecified atom stereocenters.